The lowest BCUT2D eigenvalue weighted by molar-refractivity contribution is 0.189. The van der Waals surface area contributed by atoms with Crippen LogP contribution in [0.3, 0.4) is 0 Å². The second kappa shape index (κ2) is 7.75. The van der Waals surface area contributed by atoms with Crippen molar-refractivity contribution in [2.24, 2.45) is 7.05 Å². The van der Waals surface area contributed by atoms with Crippen LogP contribution in [0.1, 0.15) is 24.5 Å². The first kappa shape index (κ1) is 16.2. The van der Waals surface area contributed by atoms with Gasteiger partial charge in [-0.15, -0.1) is 0 Å². The van der Waals surface area contributed by atoms with Gasteiger partial charge in [-0.2, -0.15) is 5.10 Å². The van der Waals surface area contributed by atoms with Gasteiger partial charge < -0.3 is 0 Å². The van der Waals surface area contributed by atoms with Gasteiger partial charge in [0.2, 0.25) is 0 Å². The molecule has 1 atom stereocenters. The van der Waals surface area contributed by atoms with E-state index in [4.69, 9.17) is 0 Å². The molecule has 1 aromatic carbocycles. The lowest BCUT2D eigenvalue weighted by atomic mass is 10.2. The van der Waals surface area contributed by atoms with Gasteiger partial charge in [0.15, 0.2) is 0 Å². The molecular weight excluding hydrogens is 284 g/mol. The Balaban J connectivity index is 1.52. The van der Waals surface area contributed by atoms with Gasteiger partial charge in [0, 0.05) is 38.9 Å². The van der Waals surface area contributed by atoms with Gasteiger partial charge in [-0.1, -0.05) is 30.3 Å². The molecule has 1 aromatic heterocycles. The first-order valence-corrected chi connectivity index (χ1v) is 8.68. The molecule has 1 fully saturated rings. The molecule has 0 bridgehead atoms. The van der Waals surface area contributed by atoms with E-state index < -0.39 is 0 Å². The van der Waals surface area contributed by atoms with Gasteiger partial charge in [-0.05, 0) is 44.0 Å². The first-order valence-electron chi connectivity index (χ1n) is 8.68. The predicted molar refractivity (Wildman–Crippen MR) is 94.3 cm³/mol. The standard InChI is InChI=1S/C19H28N4/c1-17-14-22(16-18-7-4-3-5-8-18)10-6-11-23(17)12-9-19-13-20-21(2)15-19/h3-5,7-8,13,15,17H,6,9-12,14,16H2,1-2H3/t17-/m0/s1. The van der Waals surface area contributed by atoms with Gasteiger partial charge in [0.25, 0.3) is 0 Å². The molecule has 0 saturated carbocycles. The molecule has 0 radical (unpaired) electrons. The fourth-order valence-corrected chi connectivity index (χ4v) is 3.49. The van der Waals surface area contributed by atoms with Crippen molar-refractivity contribution in [3.05, 3.63) is 53.9 Å². The van der Waals surface area contributed by atoms with Crippen LogP contribution in [0.4, 0.5) is 0 Å². The summed E-state index contributed by atoms with van der Waals surface area (Å²) in [6.45, 7) is 8.12. The van der Waals surface area contributed by atoms with Crippen molar-refractivity contribution < 1.29 is 0 Å². The van der Waals surface area contributed by atoms with Gasteiger partial charge in [-0.3, -0.25) is 14.5 Å². The fraction of sp³-hybridized carbons (Fsp3) is 0.526. The second-order valence-corrected chi connectivity index (χ2v) is 6.73. The zero-order valence-electron chi connectivity index (χ0n) is 14.4. The lowest BCUT2D eigenvalue weighted by Crippen LogP contribution is -2.39. The molecule has 2 aromatic rings. The Morgan fingerprint density at radius 1 is 1.13 bits per heavy atom. The van der Waals surface area contributed by atoms with Gasteiger partial charge in [0.1, 0.15) is 0 Å². The number of nitrogens with zero attached hydrogens (tertiary/aromatic N) is 4. The summed E-state index contributed by atoms with van der Waals surface area (Å²) in [5.41, 5.74) is 2.76. The van der Waals surface area contributed by atoms with Crippen molar-refractivity contribution in [3.8, 4) is 0 Å². The Kier molecular flexibility index (Phi) is 5.47. The number of benzene rings is 1. The minimum absolute atomic E-state index is 0.609. The minimum atomic E-state index is 0.609. The maximum absolute atomic E-state index is 4.27. The number of hydrogen-bond donors (Lipinski definition) is 0. The number of rotatable bonds is 5. The van der Waals surface area contributed by atoms with E-state index in [1.807, 2.05) is 17.9 Å². The maximum Gasteiger partial charge on any atom is 0.0522 e. The Hall–Kier alpha value is -1.65. The molecule has 4 nitrogen and oxygen atoms in total. The summed E-state index contributed by atoms with van der Waals surface area (Å²) in [7, 11) is 1.99. The summed E-state index contributed by atoms with van der Waals surface area (Å²) < 4.78 is 1.89. The molecule has 1 saturated heterocycles. The van der Waals surface area contributed by atoms with Crippen LogP contribution in [-0.4, -0.2) is 51.8 Å². The van der Waals surface area contributed by atoms with Gasteiger partial charge >= 0.3 is 0 Å². The quantitative estimate of drug-likeness (QED) is 0.848. The highest BCUT2D eigenvalue weighted by molar-refractivity contribution is 5.14. The van der Waals surface area contributed by atoms with Crippen LogP contribution in [-0.2, 0) is 20.0 Å². The SMILES string of the molecule is C[C@H]1CN(Cc2ccccc2)CCCN1CCc1cnn(C)c1. The Labute approximate surface area is 139 Å². The molecule has 2 heterocycles. The van der Waals surface area contributed by atoms with E-state index in [2.05, 4.69) is 58.4 Å². The summed E-state index contributed by atoms with van der Waals surface area (Å²) in [6.07, 6.45) is 6.47. The van der Waals surface area contributed by atoms with Crippen molar-refractivity contribution in [1.29, 1.82) is 0 Å². The van der Waals surface area contributed by atoms with E-state index in [1.165, 1.54) is 30.6 Å². The largest absolute Gasteiger partial charge is 0.299 e. The normalized spacial score (nSPS) is 20.5. The van der Waals surface area contributed by atoms with E-state index in [9.17, 15) is 0 Å². The smallest absolute Gasteiger partial charge is 0.0522 e. The first-order chi connectivity index (χ1) is 11.2. The molecule has 23 heavy (non-hydrogen) atoms. The highest BCUT2D eigenvalue weighted by Gasteiger charge is 2.21. The van der Waals surface area contributed by atoms with Crippen molar-refractivity contribution in [2.75, 3.05) is 26.2 Å². The molecule has 0 aliphatic carbocycles. The highest BCUT2D eigenvalue weighted by atomic mass is 15.2. The molecule has 1 aliphatic heterocycles. The average molecular weight is 312 g/mol. The highest BCUT2D eigenvalue weighted by Crippen LogP contribution is 2.14. The van der Waals surface area contributed by atoms with Gasteiger partial charge in [-0.25, -0.2) is 0 Å². The van der Waals surface area contributed by atoms with Crippen LogP contribution in [0.15, 0.2) is 42.7 Å². The Morgan fingerprint density at radius 3 is 2.70 bits per heavy atom. The number of aryl methyl sites for hydroxylation is 1. The summed E-state index contributed by atoms with van der Waals surface area (Å²) in [4.78, 5) is 5.24. The molecule has 0 unspecified atom stereocenters. The zero-order valence-corrected chi connectivity index (χ0v) is 14.4. The van der Waals surface area contributed by atoms with Crippen LogP contribution in [0.2, 0.25) is 0 Å². The third-order valence-electron chi connectivity index (χ3n) is 4.76. The summed E-state index contributed by atoms with van der Waals surface area (Å²) in [5, 5.41) is 4.27. The summed E-state index contributed by atoms with van der Waals surface area (Å²) in [6, 6.07) is 11.4. The summed E-state index contributed by atoms with van der Waals surface area (Å²) >= 11 is 0. The van der Waals surface area contributed by atoms with E-state index in [0.29, 0.717) is 6.04 Å². The van der Waals surface area contributed by atoms with E-state index in [0.717, 1.165) is 26.1 Å². The summed E-state index contributed by atoms with van der Waals surface area (Å²) in [5.74, 6) is 0. The zero-order chi connectivity index (χ0) is 16.1. The monoisotopic (exact) mass is 312 g/mol. The molecule has 0 N–H and O–H groups in total. The lowest BCUT2D eigenvalue weighted by Gasteiger charge is -2.28. The Morgan fingerprint density at radius 2 is 1.96 bits per heavy atom. The molecule has 0 amide bonds. The van der Waals surface area contributed by atoms with E-state index >= 15 is 0 Å². The predicted octanol–water partition coefficient (Wildman–Crippen LogP) is 2.56. The van der Waals surface area contributed by atoms with Gasteiger partial charge in [0.05, 0.1) is 6.20 Å². The molecular formula is C19H28N4. The molecule has 0 spiro atoms. The van der Waals surface area contributed by atoms with Crippen LogP contribution < -0.4 is 0 Å². The third kappa shape index (κ3) is 4.66. The van der Waals surface area contributed by atoms with Crippen molar-refractivity contribution in [2.45, 2.75) is 32.4 Å². The van der Waals surface area contributed by atoms with Crippen molar-refractivity contribution in [3.63, 3.8) is 0 Å². The third-order valence-corrected chi connectivity index (χ3v) is 4.76. The maximum atomic E-state index is 4.27. The minimum Gasteiger partial charge on any atom is -0.299 e. The van der Waals surface area contributed by atoms with Crippen LogP contribution >= 0.6 is 0 Å². The van der Waals surface area contributed by atoms with Crippen molar-refractivity contribution in [1.82, 2.24) is 19.6 Å². The van der Waals surface area contributed by atoms with Crippen LogP contribution in [0, 0.1) is 0 Å². The van der Waals surface area contributed by atoms with Crippen molar-refractivity contribution >= 4 is 0 Å². The molecule has 124 valence electrons. The second-order valence-electron chi connectivity index (χ2n) is 6.73. The fourth-order valence-electron chi connectivity index (χ4n) is 3.49. The molecule has 4 heteroatoms. The molecule has 3 rings (SSSR count). The van der Waals surface area contributed by atoms with E-state index in [-0.39, 0.29) is 0 Å². The number of hydrogen-bond acceptors (Lipinski definition) is 3. The average Bonchev–Trinajstić information content (AvgIpc) is 2.88. The van der Waals surface area contributed by atoms with Crippen LogP contribution in [0.5, 0.6) is 0 Å². The molecule has 1 aliphatic rings. The number of aromatic nitrogens is 2. The van der Waals surface area contributed by atoms with Crippen LogP contribution in [0.25, 0.3) is 0 Å². The topological polar surface area (TPSA) is 24.3 Å². The van der Waals surface area contributed by atoms with E-state index in [1.54, 1.807) is 0 Å². The Bertz CT molecular complexity index is 592.